The first-order chi connectivity index (χ1) is 4.18. The molecule has 0 N–H and O–H groups in total. The molecule has 52 valence electrons. The molecule has 0 radical (unpaired) electrons. The predicted octanol–water partition coefficient (Wildman–Crippen LogP) is 2.70. The number of hydrogen-bond acceptors (Lipinski definition) is 0. The van der Waals surface area contributed by atoms with Gasteiger partial charge in [-0.3, -0.25) is 4.39 Å². The zero-order chi connectivity index (χ0) is 6.54. The molecule has 0 aliphatic heterocycles. The van der Waals surface area contributed by atoms with E-state index in [0.717, 1.165) is 6.42 Å². The fourth-order valence-corrected chi connectivity index (χ4v) is 4.75. The molecular formula is C7H10FI. The van der Waals surface area contributed by atoms with Crippen molar-refractivity contribution in [3.63, 3.8) is 0 Å². The molecule has 0 heterocycles. The van der Waals surface area contributed by atoms with E-state index in [2.05, 4.69) is 22.6 Å². The average molecular weight is 240 g/mol. The normalized spacial score (nSPS) is 54.0. The third-order valence-electron chi connectivity index (χ3n) is 2.70. The molecule has 0 unspecified atom stereocenters. The van der Waals surface area contributed by atoms with Crippen LogP contribution in [0, 0.1) is 5.41 Å². The number of rotatable bonds is 2. The summed E-state index contributed by atoms with van der Waals surface area (Å²) in [6.07, 6.45) is 4.72. The Balaban J connectivity index is 1.90. The lowest BCUT2D eigenvalue weighted by Crippen LogP contribution is -2.63. The van der Waals surface area contributed by atoms with E-state index in [1.165, 1.54) is 19.3 Å². The molecule has 2 bridgehead atoms. The minimum absolute atomic E-state index is 0.104. The van der Waals surface area contributed by atoms with Gasteiger partial charge in [-0.1, -0.05) is 22.6 Å². The van der Waals surface area contributed by atoms with Crippen LogP contribution in [-0.2, 0) is 0 Å². The second kappa shape index (κ2) is 1.63. The molecule has 3 aliphatic rings. The van der Waals surface area contributed by atoms with Crippen LogP contribution in [0.15, 0.2) is 0 Å². The first kappa shape index (κ1) is 6.38. The van der Waals surface area contributed by atoms with Gasteiger partial charge in [0, 0.05) is 3.42 Å². The topological polar surface area (TPSA) is 0 Å². The van der Waals surface area contributed by atoms with Crippen LogP contribution in [0.3, 0.4) is 0 Å². The van der Waals surface area contributed by atoms with E-state index < -0.39 is 0 Å². The average Bonchev–Trinajstić information content (AvgIpc) is 1.60. The van der Waals surface area contributed by atoms with Crippen LogP contribution in [0.25, 0.3) is 0 Å². The first-order valence-corrected chi connectivity index (χ1v) is 4.51. The lowest BCUT2D eigenvalue weighted by Gasteiger charge is -2.68. The molecule has 0 atom stereocenters. The van der Waals surface area contributed by atoms with Crippen LogP contribution >= 0.6 is 22.6 Å². The summed E-state index contributed by atoms with van der Waals surface area (Å²) < 4.78 is 12.5. The van der Waals surface area contributed by atoms with Crippen LogP contribution in [0.2, 0.25) is 0 Å². The summed E-state index contributed by atoms with van der Waals surface area (Å²) in [6.45, 7) is -0.104. The Labute approximate surface area is 68.3 Å². The minimum Gasteiger partial charge on any atom is -0.251 e. The first-order valence-electron chi connectivity index (χ1n) is 3.43. The quantitative estimate of drug-likeness (QED) is 0.514. The molecule has 0 nitrogen and oxygen atoms in total. The van der Waals surface area contributed by atoms with E-state index in [1.54, 1.807) is 0 Å². The number of halogens is 2. The van der Waals surface area contributed by atoms with Crippen molar-refractivity contribution in [2.75, 3.05) is 6.67 Å². The highest BCUT2D eigenvalue weighted by molar-refractivity contribution is 14.1. The Kier molecular flexibility index (Phi) is 1.15. The van der Waals surface area contributed by atoms with Crippen molar-refractivity contribution < 1.29 is 4.39 Å². The summed E-state index contributed by atoms with van der Waals surface area (Å²) in [5, 5.41) is 0. The van der Waals surface area contributed by atoms with E-state index in [0.29, 0.717) is 8.84 Å². The van der Waals surface area contributed by atoms with Gasteiger partial charge in [-0.15, -0.1) is 0 Å². The maximum absolute atomic E-state index is 11.9. The highest BCUT2D eigenvalue weighted by Gasteiger charge is 2.65. The standard InChI is InChI=1S/C7H10FI/c8-2-1-6-3-7(9,4-6)5-6/h1-5H2. The zero-order valence-corrected chi connectivity index (χ0v) is 7.45. The van der Waals surface area contributed by atoms with Crippen molar-refractivity contribution in [1.82, 2.24) is 0 Å². The van der Waals surface area contributed by atoms with Gasteiger partial charge in [0.15, 0.2) is 0 Å². The summed E-state index contributed by atoms with van der Waals surface area (Å²) in [5.41, 5.74) is 0.496. The van der Waals surface area contributed by atoms with Crippen molar-refractivity contribution in [1.29, 1.82) is 0 Å². The van der Waals surface area contributed by atoms with Gasteiger partial charge in [0.25, 0.3) is 0 Å². The molecule has 0 aromatic heterocycles. The third-order valence-corrected chi connectivity index (χ3v) is 3.84. The molecule has 3 saturated carbocycles. The SMILES string of the molecule is FCCC12CC(I)(C1)C2. The molecule has 0 aromatic carbocycles. The van der Waals surface area contributed by atoms with Gasteiger partial charge in [-0.2, -0.15) is 0 Å². The Hall–Kier alpha value is 0.660. The van der Waals surface area contributed by atoms with Gasteiger partial charge in [0.1, 0.15) is 0 Å². The van der Waals surface area contributed by atoms with E-state index in [-0.39, 0.29) is 6.67 Å². The summed E-state index contributed by atoms with van der Waals surface area (Å²) in [7, 11) is 0. The van der Waals surface area contributed by atoms with Crippen LogP contribution in [0.4, 0.5) is 4.39 Å². The fourth-order valence-electron chi connectivity index (χ4n) is 2.33. The number of hydrogen-bond donors (Lipinski definition) is 0. The monoisotopic (exact) mass is 240 g/mol. The van der Waals surface area contributed by atoms with Gasteiger partial charge in [-0.05, 0) is 31.1 Å². The molecule has 3 fully saturated rings. The van der Waals surface area contributed by atoms with Crippen molar-refractivity contribution in [3.05, 3.63) is 0 Å². The molecule has 0 amide bonds. The van der Waals surface area contributed by atoms with Crippen LogP contribution < -0.4 is 0 Å². The van der Waals surface area contributed by atoms with E-state index in [4.69, 9.17) is 0 Å². The molecular weight excluding hydrogens is 230 g/mol. The van der Waals surface area contributed by atoms with Gasteiger partial charge in [0.05, 0.1) is 6.67 Å². The zero-order valence-electron chi connectivity index (χ0n) is 5.29. The van der Waals surface area contributed by atoms with Gasteiger partial charge in [-0.25, -0.2) is 0 Å². The summed E-state index contributed by atoms with van der Waals surface area (Å²) in [4.78, 5) is 0. The molecule has 3 rings (SSSR count). The van der Waals surface area contributed by atoms with Crippen LogP contribution in [0.1, 0.15) is 25.7 Å². The second-order valence-electron chi connectivity index (χ2n) is 3.62. The maximum atomic E-state index is 11.9. The van der Waals surface area contributed by atoms with Gasteiger partial charge in [0.2, 0.25) is 0 Å². The Morgan fingerprint density at radius 3 is 2.22 bits per heavy atom. The van der Waals surface area contributed by atoms with Gasteiger partial charge < -0.3 is 0 Å². The Morgan fingerprint density at radius 1 is 1.33 bits per heavy atom. The summed E-state index contributed by atoms with van der Waals surface area (Å²) in [6, 6.07) is 0. The Morgan fingerprint density at radius 2 is 1.89 bits per heavy atom. The third kappa shape index (κ3) is 0.748. The lowest BCUT2D eigenvalue weighted by atomic mass is 9.43. The number of alkyl halides is 2. The largest absolute Gasteiger partial charge is 0.251 e. The fraction of sp³-hybridized carbons (Fsp3) is 1.00. The molecule has 2 heteroatoms. The summed E-state index contributed by atoms with van der Waals surface area (Å²) in [5.74, 6) is 0. The molecule has 9 heavy (non-hydrogen) atoms. The molecule has 0 spiro atoms. The Bertz CT molecular complexity index is 118. The van der Waals surface area contributed by atoms with Crippen LogP contribution in [0.5, 0.6) is 0 Å². The van der Waals surface area contributed by atoms with Crippen molar-refractivity contribution in [2.24, 2.45) is 5.41 Å². The van der Waals surface area contributed by atoms with E-state index in [9.17, 15) is 4.39 Å². The van der Waals surface area contributed by atoms with Crippen molar-refractivity contribution in [3.8, 4) is 0 Å². The van der Waals surface area contributed by atoms with E-state index >= 15 is 0 Å². The highest BCUT2D eigenvalue weighted by atomic mass is 127. The predicted molar refractivity (Wildman–Crippen MR) is 43.6 cm³/mol. The smallest absolute Gasteiger partial charge is 0.0899 e. The summed E-state index contributed by atoms with van der Waals surface area (Å²) >= 11 is 2.52. The van der Waals surface area contributed by atoms with E-state index in [1.807, 2.05) is 0 Å². The minimum atomic E-state index is -0.104. The van der Waals surface area contributed by atoms with Crippen molar-refractivity contribution in [2.45, 2.75) is 29.1 Å². The lowest BCUT2D eigenvalue weighted by molar-refractivity contribution is -0.0731. The second-order valence-corrected chi connectivity index (χ2v) is 5.91. The maximum Gasteiger partial charge on any atom is 0.0899 e. The van der Waals surface area contributed by atoms with Gasteiger partial charge >= 0.3 is 0 Å². The van der Waals surface area contributed by atoms with Crippen molar-refractivity contribution >= 4 is 22.6 Å². The van der Waals surface area contributed by atoms with Crippen LogP contribution in [-0.4, -0.2) is 10.1 Å². The molecule has 0 saturated heterocycles. The molecule has 0 aromatic rings. The molecule has 3 aliphatic carbocycles. The highest BCUT2D eigenvalue weighted by Crippen LogP contribution is 2.73.